The van der Waals surface area contributed by atoms with Gasteiger partial charge in [0.2, 0.25) is 11.8 Å². The van der Waals surface area contributed by atoms with Gasteiger partial charge in [-0.15, -0.1) is 0 Å². The molecular formula is C20H21FN2O3. The lowest BCUT2D eigenvalue weighted by Gasteiger charge is -2.34. The van der Waals surface area contributed by atoms with Gasteiger partial charge in [0.15, 0.2) is 0 Å². The van der Waals surface area contributed by atoms with Crippen molar-refractivity contribution in [1.82, 2.24) is 4.90 Å². The van der Waals surface area contributed by atoms with E-state index >= 15 is 0 Å². The summed E-state index contributed by atoms with van der Waals surface area (Å²) in [4.78, 5) is 26.5. The van der Waals surface area contributed by atoms with Crippen molar-refractivity contribution < 1.29 is 18.7 Å². The number of hydrogen-bond acceptors (Lipinski definition) is 3. The molecule has 1 atom stereocenters. The highest BCUT2D eigenvalue weighted by atomic mass is 19.1. The Morgan fingerprint density at radius 3 is 2.65 bits per heavy atom. The van der Waals surface area contributed by atoms with Crippen LogP contribution in [0.4, 0.5) is 10.1 Å². The number of rotatable bonds is 4. The minimum Gasteiger partial charge on any atom is -0.369 e. The number of carbonyl (C=O) groups excluding carboxylic acids is 2. The molecule has 2 aromatic rings. The smallest absolute Gasteiger partial charge is 0.249 e. The third kappa shape index (κ3) is 4.08. The molecule has 2 amide bonds. The van der Waals surface area contributed by atoms with Crippen molar-refractivity contribution in [3.63, 3.8) is 0 Å². The third-order valence-electron chi connectivity index (χ3n) is 4.41. The molecule has 0 radical (unpaired) electrons. The lowest BCUT2D eigenvalue weighted by molar-refractivity contribution is -0.154. The lowest BCUT2D eigenvalue weighted by atomic mass is 10.1. The topological polar surface area (TPSA) is 58.6 Å². The Morgan fingerprint density at radius 1 is 1.23 bits per heavy atom. The Kier molecular flexibility index (Phi) is 5.32. The monoisotopic (exact) mass is 356 g/mol. The number of ether oxygens (including phenoxy) is 1. The van der Waals surface area contributed by atoms with E-state index in [2.05, 4.69) is 5.32 Å². The van der Waals surface area contributed by atoms with Gasteiger partial charge >= 0.3 is 0 Å². The average Bonchev–Trinajstić information content (AvgIpc) is 2.61. The van der Waals surface area contributed by atoms with Crippen LogP contribution in [-0.4, -0.2) is 36.0 Å². The summed E-state index contributed by atoms with van der Waals surface area (Å²) in [5.41, 5.74) is 3.52. The highest BCUT2D eigenvalue weighted by Gasteiger charge is 2.34. The molecule has 0 saturated carbocycles. The molecule has 1 saturated heterocycles. The molecule has 0 aliphatic carbocycles. The molecule has 6 heteroatoms. The van der Waals surface area contributed by atoms with Crippen LogP contribution in [0, 0.1) is 19.7 Å². The molecule has 136 valence electrons. The van der Waals surface area contributed by atoms with Crippen molar-refractivity contribution in [2.45, 2.75) is 26.4 Å². The first-order valence-corrected chi connectivity index (χ1v) is 8.44. The maximum atomic E-state index is 13.1. The van der Waals surface area contributed by atoms with Gasteiger partial charge in [-0.25, -0.2) is 4.39 Å². The summed E-state index contributed by atoms with van der Waals surface area (Å²) in [5, 5.41) is 2.88. The third-order valence-corrected chi connectivity index (χ3v) is 4.41. The maximum absolute atomic E-state index is 13.1. The molecule has 2 aromatic carbocycles. The van der Waals surface area contributed by atoms with E-state index in [-0.39, 0.29) is 37.4 Å². The number of anilines is 1. The second-order valence-electron chi connectivity index (χ2n) is 6.49. The first kappa shape index (κ1) is 18.1. The Labute approximate surface area is 151 Å². The zero-order valence-electron chi connectivity index (χ0n) is 14.8. The molecule has 0 spiro atoms. The summed E-state index contributed by atoms with van der Waals surface area (Å²) in [6.45, 7) is 4.20. The summed E-state index contributed by atoms with van der Waals surface area (Å²) in [5.74, 6) is -0.903. The summed E-state index contributed by atoms with van der Waals surface area (Å²) < 4.78 is 18.4. The molecule has 1 N–H and O–H groups in total. The molecule has 5 nitrogen and oxygen atoms in total. The fourth-order valence-corrected chi connectivity index (χ4v) is 2.98. The summed E-state index contributed by atoms with van der Waals surface area (Å²) >= 11 is 0. The van der Waals surface area contributed by atoms with E-state index < -0.39 is 6.04 Å². The molecule has 26 heavy (non-hydrogen) atoms. The predicted octanol–water partition coefficient (Wildman–Crippen LogP) is 2.81. The van der Waals surface area contributed by atoms with E-state index in [9.17, 15) is 14.0 Å². The highest BCUT2D eigenvalue weighted by molar-refractivity contribution is 5.98. The van der Waals surface area contributed by atoms with E-state index in [0.717, 1.165) is 16.7 Å². The SMILES string of the molecule is Cc1ccc(NC(=O)[C@@H]2COCC(=O)N2Cc2ccc(F)cc2)c(C)c1. The van der Waals surface area contributed by atoms with Crippen LogP contribution in [0.1, 0.15) is 16.7 Å². The Bertz CT molecular complexity index is 820. The summed E-state index contributed by atoms with van der Waals surface area (Å²) in [7, 11) is 0. The van der Waals surface area contributed by atoms with Crippen LogP contribution in [0.2, 0.25) is 0 Å². The molecule has 1 fully saturated rings. The second kappa shape index (κ2) is 7.66. The molecule has 1 aliphatic rings. The minimum atomic E-state index is -0.734. The molecule has 0 bridgehead atoms. The molecule has 0 aromatic heterocycles. The van der Waals surface area contributed by atoms with Gasteiger partial charge < -0.3 is 15.0 Å². The largest absolute Gasteiger partial charge is 0.369 e. The van der Waals surface area contributed by atoms with Gasteiger partial charge in [0.1, 0.15) is 18.5 Å². The number of nitrogens with one attached hydrogen (secondary N) is 1. The van der Waals surface area contributed by atoms with Gasteiger partial charge in [-0.3, -0.25) is 9.59 Å². The highest BCUT2D eigenvalue weighted by Crippen LogP contribution is 2.19. The van der Waals surface area contributed by atoms with Crippen LogP contribution < -0.4 is 5.32 Å². The van der Waals surface area contributed by atoms with Crippen LogP contribution in [0.25, 0.3) is 0 Å². The van der Waals surface area contributed by atoms with Crippen molar-refractivity contribution >= 4 is 17.5 Å². The normalized spacial score (nSPS) is 17.3. The number of morpholine rings is 1. The van der Waals surface area contributed by atoms with E-state index in [1.54, 1.807) is 12.1 Å². The van der Waals surface area contributed by atoms with Gasteiger partial charge in [-0.1, -0.05) is 29.8 Å². The van der Waals surface area contributed by atoms with Crippen molar-refractivity contribution in [2.24, 2.45) is 0 Å². The van der Waals surface area contributed by atoms with Gasteiger partial charge in [0, 0.05) is 12.2 Å². The van der Waals surface area contributed by atoms with Gasteiger partial charge in [-0.05, 0) is 43.2 Å². The number of benzene rings is 2. The van der Waals surface area contributed by atoms with Crippen molar-refractivity contribution in [3.8, 4) is 0 Å². The van der Waals surface area contributed by atoms with Crippen molar-refractivity contribution in [2.75, 3.05) is 18.5 Å². The zero-order valence-corrected chi connectivity index (χ0v) is 14.8. The predicted molar refractivity (Wildman–Crippen MR) is 96.1 cm³/mol. The standard InChI is InChI=1S/C20H21FN2O3/c1-13-3-8-17(14(2)9-13)22-20(25)18-11-26-12-19(24)23(18)10-15-4-6-16(21)7-5-15/h3-9,18H,10-12H2,1-2H3,(H,22,25)/t18-/m0/s1. The van der Waals surface area contributed by atoms with E-state index in [1.165, 1.54) is 17.0 Å². The summed E-state index contributed by atoms with van der Waals surface area (Å²) in [6.07, 6.45) is 0. The first-order valence-electron chi connectivity index (χ1n) is 8.44. The van der Waals surface area contributed by atoms with Crippen LogP contribution >= 0.6 is 0 Å². The van der Waals surface area contributed by atoms with Crippen molar-refractivity contribution in [3.05, 3.63) is 65.0 Å². The van der Waals surface area contributed by atoms with E-state index in [1.807, 2.05) is 32.0 Å². The van der Waals surface area contributed by atoms with Crippen LogP contribution in [0.3, 0.4) is 0 Å². The number of amides is 2. The molecule has 1 aliphatic heterocycles. The fourth-order valence-electron chi connectivity index (χ4n) is 2.98. The number of halogens is 1. The quantitative estimate of drug-likeness (QED) is 0.916. The number of hydrogen-bond donors (Lipinski definition) is 1. The number of nitrogens with zero attached hydrogens (tertiary/aromatic N) is 1. The van der Waals surface area contributed by atoms with Gasteiger partial charge in [0.25, 0.3) is 0 Å². The van der Waals surface area contributed by atoms with Crippen molar-refractivity contribution in [1.29, 1.82) is 0 Å². The molecular weight excluding hydrogens is 335 g/mol. The minimum absolute atomic E-state index is 0.0610. The molecule has 1 heterocycles. The number of aryl methyl sites for hydroxylation is 2. The molecule has 3 rings (SSSR count). The van der Waals surface area contributed by atoms with Crippen LogP contribution in [0.5, 0.6) is 0 Å². The Morgan fingerprint density at radius 2 is 1.96 bits per heavy atom. The summed E-state index contributed by atoms with van der Waals surface area (Å²) in [6, 6.07) is 10.9. The van der Waals surface area contributed by atoms with Crippen LogP contribution in [0.15, 0.2) is 42.5 Å². The Hall–Kier alpha value is -2.73. The van der Waals surface area contributed by atoms with E-state index in [4.69, 9.17) is 4.74 Å². The average molecular weight is 356 g/mol. The maximum Gasteiger partial charge on any atom is 0.249 e. The number of carbonyl (C=O) groups is 2. The first-order chi connectivity index (χ1) is 12.4. The zero-order chi connectivity index (χ0) is 18.7. The van der Waals surface area contributed by atoms with Crippen LogP contribution in [-0.2, 0) is 20.9 Å². The fraction of sp³-hybridized carbons (Fsp3) is 0.300. The van der Waals surface area contributed by atoms with Gasteiger partial charge in [-0.2, -0.15) is 0 Å². The van der Waals surface area contributed by atoms with E-state index in [0.29, 0.717) is 5.69 Å². The molecule has 0 unspecified atom stereocenters. The van der Waals surface area contributed by atoms with Gasteiger partial charge in [0.05, 0.1) is 6.61 Å². The lowest BCUT2D eigenvalue weighted by Crippen LogP contribution is -2.54. The second-order valence-corrected chi connectivity index (χ2v) is 6.49. The Balaban J connectivity index is 1.77.